The summed E-state index contributed by atoms with van der Waals surface area (Å²) in [6, 6.07) is 1.09. The number of hydrogen-bond donors (Lipinski definition) is 5. The molecule has 2 radical (unpaired) electrons. The summed E-state index contributed by atoms with van der Waals surface area (Å²) in [6.07, 6.45) is 2.66. The highest BCUT2D eigenvalue weighted by atomic mass is 15.5. The average molecular weight is 318 g/mol. The lowest BCUT2D eigenvalue weighted by Crippen LogP contribution is -2.43. The molecule has 2 unspecified atom stereocenters. The molecule has 126 valence electrons. The zero-order chi connectivity index (χ0) is 15.5. The topological polar surface area (TPSA) is 79.0 Å². The van der Waals surface area contributed by atoms with Gasteiger partial charge in [0.15, 0.2) is 12.2 Å². The van der Waals surface area contributed by atoms with Crippen LogP contribution in [0.2, 0.25) is 0 Å². The molecular weight excluding hydrogens is 292 g/mol. The van der Waals surface area contributed by atoms with E-state index in [-0.39, 0.29) is 7.47 Å². The van der Waals surface area contributed by atoms with Gasteiger partial charge in [-0.05, 0) is 0 Å². The van der Waals surface area contributed by atoms with Crippen molar-refractivity contribution in [3.63, 3.8) is 0 Å². The van der Waals surface area contributed by atoms with Gasteiger partial charge in [-0.3, -0.25) is 21.0 Å². The first-order chi connectivity index (χ1) is 11.4. The number of hydrazine groups is 1. The van der Waals surface area contributed by atoms with Crippen molar-refractivity contribution in [2.45, 2.75) is 6.04 Å². The van der Waals surface area contributed by atoms with E-state index in [1.807, 2.05) is 0 Å². The summed E-state index contributed by atoms with van der Waals surface area (Å²) in [5, 5.41) is 15.4. The van der Waals surface area contributed by atoms with Crippen molar-refractivity contribution in [1.82, 2.24) is 36.6 Å². The number of rotatable bonds is 3. The van der Waals surface area contributed by atoms with Crippen LogP contribution in [-0.4, -0.2) is 74.9 Å². The fourth-order valence-electron chi connectivity index (χ4n) is 3.25. The normalized spacial score (nSPS) is 32.7. The minimum atomic E-state index is 0. The third-order valence-electron chi connectivity index (χ3n) is 4.60. The molecule has 0 bridgehead atoms. The Hall–Kier alpha value is -1.21. The second-order valence-corrected chi connectivity index (χ2v) is 6.24. The maximum atomic E-state index is 4.28. The summed E-state index contributed by atoms with van der Waals surface area (Å²) in [5.74, 6) is 7.08. The molecule has 0 spiro atoms. The standard InChI is InChI=1S/C15H24N8.H2/c1(2-13-14-15(19-9-17-13)20-10-18-14)12-7-21-23(8-12)6-5-22-4-3-16-11-22;/h9,12,14,16,18,20-21H,3-8,10-11H2,(H,17,19);1H. The predicted molar refractivity (Wildman–Crippen MR) is 90.4 cm³/mol. The molecule has 4 rings (SSSR count). The van der Waals surface area contributed by atoms with Gasteiger partial charge in [0.25, 0.3) is 0 Å². The fourth-order valence-corrected chi connectivity index (χ4v) is 3.25. The van der Waals surface area contributed by atoms with Crippen LogP contribution in [0.4, 0.5) is 0 Å². The molecule has 3 fully saturated rings. The Labute approximate surface area is 138 Å². The van der Waals surface area contributed by atoms with Crippen LogP contribution in [0, 0.1) is 30.0 Å². The van der Waals surface area contributed by atoms with Gasteiger partial charge in [-0.1, -0.05) is 11.8 Å². The van der Waals surface area contributed by atoms with Crippen LogP contribution in [-0.2, 0) is 0 Å². The summed E-state index contributed by atoms with van der Waals surface area (Å²) in [6.45, 7) is 8.10. The Morgan fingerprint density at radius 1 is 1.39 bits per heavy atom. The lowest BCUT2D eigenvalue weighted by atomic mass is 10.0. The molecule has 23 heavy (non-hydrogen) atoms. The molecule has 0 aromatic heterocycles. The Bertz CT molecular complexity index is 497. The molecule has 4 aliphatic heterocycles. The molecule has 0 amide bonds. The molecule has 8 heteroatoms. The van der Waals surface area contributed by atoms with Crippen molar-refractivity contribution >= 4 is 6.34 Å². The van der Waals surface area contributed by atoms with E-state index in [0.717, 1.165) is 64.8 Å². The fraction of sp³-hybridized carbons (Fsp3) is 0.667. The quantitative estimate of drug-likeness (QED) is 0.375. The van der Waals surface area contributed by atoms with E-state index < -0.39 is 0 Å². The van der Waals surface area contributed by atoms with Crippen molar-refractivity contribution in [3.8, 4) is 11.8 Å². The number of hydrogen-bond acceptors (Lipinski definition) is 8. The Balaban J connectivity index is 0.00000169. The van der Waals surface area contributed by atoms with E-state index in [9.17, 15) is 0 Å². The zero-order valence-corrected chi connectivity index (χ0v) is 13.2. The van der Waals surface area contributed by atoms with Crippen LogP contribution in [0.15, 0.2) is 4.99 Å². The molecule has 2 atom stereocenters. The highest BCUT2D eigenvalue weighted by Gasteiger charge is 2.36. The van der Waals surface area contributed by atoms with Crippen molar-refractivity contribution in [2.75, 3.05) is 52.6 Å². The molecule has 0 saturated carbocycles. The van der Waals surface area contributed by atoms with E-state index >= 15 is 0 Å². The predicted octanol–water partition coefficient (Wildman–Crippen LogP) is -2.29. The van der Waals surface area contributed by atoms with Crippen LogP contribution in [0.5, 0.6) is 0 Å². The van der Waals surface area contributed by atoms with Crippen LogP contribution < -0.4 is 26.7 Å². The van der Waals surface area contributed by atoms with Crippen LogP contribution >= 0.6 is 0 Å². The summed E-state index contributed by atoms with van der Waals surface area (Å²) in [4.78, 5) is 6.73. The summed E-state index contributed by atoms with van der Waals surface area (Å²) < 4.78 is 0. The SMILES string of the molecule is C(#CC1CNN(CCN2CCNC2)C1)[C]1NC=N[C]2NCNC12.[HH]. The smallest absolute Gasteiger partial charge is 0.172 e. The minimum Gasteiger partial charge on any atom is -0.356 e. The van der Waals surface area contributed by atoms with Crippen molar-refractivity contribution < 1.29 is 1.43 Å². The highest BCUT2D eigenvalue weighted by Crippen LogP contribution is 2.20. The van der Waals surface area contributed by atoms with Crippen molar-refractivity contribution in [3.05, 3.63) is 12.2 Å². The van der Waals surface area contributed by atoms with E-state index in [2.05, 4.69) is 53.4 Å². The average Bonchev–Trinajstić information content (AvgIpc) is 3.31. The lowest BCUT2D eigenvalue weighted by molar-refractivity contribution is 0.207. The van der Waals surface area contributed by atoms with Gasteiger partial charge in [0.2, 0.25) is 0 Å². The van der Waals surface area contributed by atoms with E-state index in [4.69, 9.17) is 0 Å². The molecule has 0 aromatic rings. The van der Waals surface area contributed by atoms with Gasteiger partial charge in [-0.15, -0.1) is 0 Å². The van der Waals surface area contributed by atoms with Crippen LogP contribution in [0.25, 0.3) is 0 Å². The van der Waals surface area contributed by atoms with E-state index in [1.165, 1.54) is 0 Å². The first-order valence-corrected chi connectivity index (χ1v) is 8.31. The molecule has 4 heterocycles. The first-order valence-electron chi connectivity index (χ1n) is 8.31. The maximum Gasteiger partial charge on any atom is 0.172 e. The van der Waals surface area contributed by atoms with Crippen LogP contribution in [0.3, 0.4) is 0 Å². The second-order valence-electron chi connectivity index (χ2n) is 6.24. The number of nitrogens with zero attached hydrogens (tertiary/aromatic N) is 3. The molecule has 3 saturated heterocycles. The van der Waals surface area contributed by atoms with Gasteiger partial charge in [-0.2, -0.15) is 0 Å². The largest absolute Gasteiger partial charge is 0.356 e. The van der Waals surface area contributed by atoms with Gasteiger partial charge >= 0.3 is 0 Å². The number of nitrogens with one attached hydrogen (secondary N) is 5. The van der Waals surface area contributed by atoms with E-state index in [0.29, 0.717) is 5.92 Å². The second kappa shape index (κ2) is 7.13. The molecule has 4 aliphatic rings. The molecule has 0 aliphatic carbocycles. The van der Waals surface area contributed by atoms with Gasteiger partial charge in [-0.25, -0.2) is 10.0 Å². The lowest BCUT2D eigenvalue weighted by Gasteiger charge is -2.24. The summed E-state index contributed by atoms with van der Waals surface area (Å²) in [5.41, 5.74) is 3.46. The molecule has 5 N–H and O–H groups in total. The number of fused-ring (bicyclic) bond motifs is 1. The molecular formula is C15H26N8. The first kappa shape index (κ1) is 15.3. The molecule has 0 aromatic carbocycles. The van der Waals surface area contributed by atoms with Gasteiger partial charge < -0.3 is 10.6 Å². The van der Waals surface area contributed by atoms with Crippen LogP contribution in [0.1, 0.15) is 1.43 Å². The Morgan fingerprint density at radius 2 is 2.39 bits per heavy atom. The molecule has 8 nitrogen and oxygen atoms in total. The van der Waals surface area contributed by atoms with Gasteiger partial charge in [0.1, 0.15) is 0 Å². The summed E-state index contributed by atoms with van der Waals surface area (Å²) >= 11 is 0. The zero-order valence-electron chi connectivity index (χ0n) is 13.2. The van der Waals surface area contributed by atoms with Crippen molar-refractivity contribution in [2.24, 2.45) is 10.9 Å². The van der Waals surface area contributed by atoms with Crippen molar-refractivity contribution in [1.29, 1.82) is 0 Å². The Kier molecular flexibility index (Phi) is 4.75. The number of aliphatic imine (C=N–C) groups is 1. The maximum absolute atomic E-state index is 4.28. The van der Waals surface area contributed by atoms with E-state index in [1.54, 1.807) is 6.34 Å². The van der Waals surface area contributed by atoms with Gasteiger partial charge in [0.05, 0.1) is 12.4 Å². The Morgan fingerprint density at radius 3 is 3.30 bits per heavy atom. The highest BCUT2D eigenvalue weighted by molar-refractivity contribution is 5.63. The third-order valence-corrected chi connectivity index (χ3v) is 4.60. The summed E-state index contributed by atoms with van der Waals surface area (Å²) in [7, 11) is 0. The minimum absolute atomic E-state index is 0. The monoisotopic (exact) mass is 318 g/mol. The third kappa shape index (κ3) is 3.66. The van der Waals surface area contributed by atoms with Gasteiger partial charge in [0, 0.05) is 60.0 Å².